The fourth-order valence-corrected chi connectivity index (χ4v) is 2.96. The van der Waals surface area contributed by atoms with E-state index in [1.165, 1.54) is 5.56 Å². The van der Waals surface area contributed by atoms with E-state index < -0.39 is 5.69 Å². The third-order valence-corrected chi connectivity index (χ3v) is 4.36. The lowest BCUT2D eigenvalue weighted by atomic mass is 9.96. The van der Waals surface area contributed by atoms with Crippen LogP contribution in [0.15, 0.2) is 35.1 Å². The molecule has 0 unspecified atom stereocenters. The standard InChI is InChI=1S/C17H21N5O3/c23-15-7-6-13(16(24)18-10-14-19-17(25)21-20-14)11-22(15)9-8-12-4-2-1-3-5-12/h1-5,13H,6-11H2,(H,18,24)(H2,19,20,21,25)/t13-/m0/s1. The quantitative estimate of drug-likeness (QED) is 0.695. The molecule has 0 radical (unpaired) electrons. The SMILES string of the molecule is O=C(NCc1n[nH]c(=O)[nH]1)[C@H]1CCC(=O)N(CCc2ccccc2)C1. The Hall–Kier alpha value is -2.90. The number of hydrogen-bond acceptors (Lipinski definition) is 4. The largest absolute Gasteiger partial charge is 0.349 e. The van der Waals surface area contributed by atoms with Gasteiger partial charge in [0.05, 0.1) is 12.5 Å². The highest BCUT2D eigenvalue weighted by atomic mass is 16.2. The third kappa shape index (κ3) is 4.56. The first-order chi connectivity index (χ1) is 12.1. The average Bonchev–Trinajstić information content (AvgIpc) is 3.05. The van der Waals surface area contributed by atoms with Crippen molar-refractivity contribution >= 4 is 11.8 Å². The summed E-state index contributed by atoms with van der Waals surface area (Å²) in [6.07, 6.45) is 1.70. The Kier molecular flexibility index (Phi) is 5.27. The summed E-state index contributed by atoms with van der Waals surface area (Å²) in [4.78, 5) is 39.7. The molecule has 8 nitrogen and oxygen atoms in total. The third-order valence-electron chi connectivity index (χ3n) is 4.36. The average molecular weight is 343 g/mol. The molecule has 2 heterocycles. The molecule has 1 atom stereocenters. The van der Waals surface area contributed by atoms with Crippen molar-refractivity contribution in [3.63, 3.8) is 0 Å². The first-order valence-corrected chi connectivity index (χ1v) is 8.35. The number of aromatic nitrogens is 3. The van der Waals surface area contributed by atoms with Gasteiger partial charge in [0.1, 0.15) is 5.82 Å². The molecule has 25 heavy (non-hydrogen) atoms. The summed E-state index contributed by atoms with van der Waals surface area (Å²) in [6, 6.07) is 9.97. The highest BCUT2D eigenvalue weighted by Crippen LogP contribution is 2.18. The molecule has 0 bridgehead atoms. The number of rotatable bonds is 6. The number of benzene rings is 1. The van der Waals surface area contributed by atoms with E-state index in [9.17, 15) is 14.4 Å². The number of hydrogen-bond donors (Lipinski definition) is 3. The number of piperidine rings is 1. The number of nitrogens with zero attached hydrogens (tertiary/aromatic N) is 2. The minimum Gasteiger partial charge on any atom is -0.349 e. The number of carbonyl (C=O) groups is 2. The second-order valence-corrected chi connectivity index (χ2v) is 6.15. The molecule has 2 amide bonds. The predicted octanol–water partition coefficient (Wildman–Crippen LogP) is 0.195. The summed E-state index contributed by atoms with van der Waals surface area (Å²) in [6.45, 7) is 1.19. The van der Waals surface area contributed by atoms with Gasteiger partial charge in [-0.3, -0.25) is 14.6 Å². The van der Waals surface area contributed by atoms with Gasteiger partial charge >= 0.3 is 5.69 Å². The molecule has 1 aromatic carbocycles. The Morgan fingerprint density at radius 1 is 1.28 bits per heavy atom. The number of amides is 2. The van der Waals surface area contributed by atoms with Gasteiger partial charge in [-0.15, -0.1) is 0 Å². The van der Waals surface area contributed by atoms with Crippen LogP contribution in [0.25, 0.3) is 0 Å². The van der Waals surface area contributed by atoms with Gasteiger partial charge in [0.2, 0.25) is 11.8 Å². The topological polar surface area (TPSA) is 111 Å². The van der Waals surface area contributed by atoms with Crippen LogP contribution >= 0.6 is 0 Å². The van der Waals surface area contributed by atoms with E-state index in [1.807, 2.05) is 30.3 Å². The number of likely N-dealkylation sites (tertiary alicyclic amines) is 1. The second-order valence-electron chi connectivity index (χ2n) is 6.15. The summed E-state index contributed by atoms with van der Waals surface area (Å²) in [5.41, 5.74) is 0.768. The molecule has 132 valence electrons. The fraction of sp³-hybridized carbons (Fsp3) is 0.412. The maximum Gasteiger partial charge on any atom is 0.340 e. The van der Waals surface area contributed by atoms with E-state index in [0.717, 1.165) is 6.42 Å². The van der Waals surface area contributed by atoms with Gasteiger partial charge in [-0.25, -0.2) is 9.89 Å². The second kappa shape index (κ2) is 7.78. The monoisotopic (exact) mass is 343 g/mol. The Bertz CT molecular complexity index is 783. The van der Waals surface area contributed by atoms with Gasteiger partial charge in [-0.2, -0.15) is 5.10 Å². The fourth-order valence-electron chi connectivity index (χ4n) is 2.96. The van der Waals surface area contributed by atoms with E-state index in [-0.39, 0.29) is 24.3 Å². The van der Waals surface area contributed by atoms with Crippen LogP contribution in [0.5, 0.6) is 0 Å². The molecule has 0 saturated carbocycles. The predicted molar refractivity (Wildman–Crippen MR) is 90.5 cm³/mol. The molecule has 3 rings (SSSR count). The zero-order valence-electron chi connectivity index (χ0n) is 13.8. The number of carbonyl (C=O) groups excluding carboxylic acids is 2. The van der Waals surface area contributed by atoms with Crippen LogP contribution in [0, 0.1) is 5.92 Å². The molecule has 3 N–H and O–H groups in total. The van der Waals surface area contributed by atoms with E-state index in [4.69, 9.17) is 0 Å². The molecule has 8 heteroatoms. The van der Waals surface area contributed by atoms with Gasteiger partial charge < -0.3 is 10.2 Å². The van der Waals surface area contributed by atoms with Crippen LogP contribution in [0.2, 0.25) is 0 Å². The van der Waals surface area contributed by atoms with Crippen LogP contribution in [0.4, 0.5) is 0 Å². The normalized spacial score (nSPS) is 17.5. The molecular weight excluding hydrogens is 322 g/mol. The summed E-state index contributed by atoms with van der Waals surface area (Å²) in [5, 5.41) is 8.76. The molecule has 0 aliphatic carbocycles. The molecule has 0 spiro atoms. The molecule has 2 aromatic rings. The van der Waals surface area contributed by atoms with Crippen molar-refractivity contribution in [1.82, 2.24) is 25.4 Å². The van der Waals surface area contributed by atoms with Crippen LogP contribution < -0.4 is 11.0 Å². The Morgan fingerprint density at radius 3 is 2.80 bits per heavy atom. The molecule has 1 fully saturated rings. The lowest BCUT2D eigenvalue weighted by Crippen LogP contribution is -2.46. The van der Waals surface area contributed by atoms with Crippen LogP contribution in [0.1, 0.15) is 24.2 Å². The summed E-state index contributed by atoms with van der Waals surface area (Å²) in [5.74, 6) is 0.114. The van der Waals surface area contributed by atoms with Crippen LogP contribution in [-0.2, 0) is 22.6 Å². The van der Waals surface area contributed by atoms with E-state index in [0.29, 0.717) is 31.8 Å². The van der Waals surface area contributed by atoms with Gasteiger partial charge in [0.15, 0.2) is 0 Å². The molecular formula is C17H21N5O3. The number of aromatic amines is 2. The maximum atomic E-state index is 12.3. The maximum absolute atomic E-state index is 12.3. The zero-order valence-corrected chi connectivity index (χ0v) is 13.8. The Morgan fingerprint density at radius 2 is 2.08 bits per heavy atom. The van der Waals surface area contributed by atoms with Gasteiger partial charge in [-0.05, 0) is 18.4 Å². The molecule has 1 saturated heterocycles. The van der Waals surface area contributed by atoms with Crippen molar-refractivity contribution < 1.29 is 9.59 Å². The van der Waals surface area contributed by atoms with Crippen molar-refractivity contribution in [3.05, 3.63) is 52.2 Å². The Balaban J connectivity index is 1.51. The van der Waals surface area contributed by atoms with Gasteiger partial charge in [0.25, 0.3) is 0 Å². The first-order valence-electron chi connectivity index (χ1n) is 8.35. The molecule has 1 aromatic heterocycles. The first kappa shape index (κ1) is 16.9. The van der Waals surface area contributed by atoms with E-state index >= 15 is 0 Å². The van der Waals surface area contributed by atoms with Crippen molar-refractivity contribution in [2.24, 2.45) is 5.92 Å². The lowest BCUT2D eigenvalue weighted by Gasteiger charge is -2.32. The summed E-state index contributed by atoms with van der Waals surface area (Å²) >= 11 is 0. The number of nitrogens with one attached hydrogen (secondary N) is 3. The van der Waals surface area contributed by atoms with Crippen molar-refractivity contribution in [2.45, 2.75) is 25.8 Å². The van der Waals surface area contributed by atoms with Crippen molar-refractivity contribution in [1.29, 1.82) is 0 Å². The highest BCUT2D eigenvalue weighted by Gasteiger charge is 2.29. The van der Waals surface area contributed by atoms with Crippen molar-refractivity contribution in [2.75, 3.05) is 13.1 Å². The smallest absolute Gasteiger partial charge is 0.340 e. The lowest BCUT2D eigenvalue weighted by molar-refractivity contribution is -0.138. The van der Waals surface area contributed by atoms with Crippen LogP contribution in [-0.4, -0.2) is 45.0 Å². The van der Waals surface area contributed by atoms with Gasteiger partial charge in [-0.1, -0.05) is 30.3 Å². The molecule has 1 aliphatic heterocycles. The Labute approximate surface area is 144 Å². The van der Waals surface area contributed by atoms with Crippen LogP contribution in [0.3, 0.4) is 0 Å². The molecule has 1 aliphatic rings. The minimum atomic E-state index is -0.403. The minimum absolute atomic E-state index is 0.0941. The highest BCUT2D eigenvalue weighted by molar-refractivity contribution is 5.83. The summed E-state index contributed by atoms with van der Waals surface area (Å²) < 4.78 is 0. The zero-order chi connectivity index (χ0) is 17.6. The van der Waals surface area contributed by atoms with E-state index in [1.54, 1.807) is 4.90 Å². The number of H-pyrrole nitrogens is 2. The van der Waals surface area contributed by atoms with Gasteiger partial charge in [0, 0.05) is 19.5 Å². The van der Waals surface area contributed by atoms with E-state index in [2.05, 4.69) is 20.5 Å². The van der Waals surface area contributed by atoms with Crippen molar-refractivity contribution in [3.8, 4) is 0 Å². The summed E-state index contributed by atoms with van der Waals surface area (Å²) in [7, 11) is 0.